The minimum absolute atomic E-state index is 0.151. The fourth-order valence-electron chi connectivity index (χ4n) is 3.53. The van der Waals surface area contributed by atoms with E-state index in [9.17, 15) is 27.9 Å². The fourth-order valence-corrected chi connectivity index (χ4v) is 3.53. The number of hydrogen-bond acceptors (Lipinski definition) is 5. The highest BCUT2D eigenvalue weighted by Gasteiger charge is 2.39. The van der Waals surface area contributed by atoms with Crippen molar-refractivity contribution in [3.63, 3.8) is 0 Å². The van der Waals surface area contributed by atoms with Gasteiger partial charge in [0.25, 0.3) is 5.56 Å². The third-order valence-electron chi connectivity index (χ3n) is 4.77. The highest BCUT2D eigenvalue weighted by atomic mass is 19.4. The van der Waals surface area contributed by atoms with E-state index in [1.54, 1.807) is 20.8 Å². The molecule has 0 aliphatic heterocycles. The van der Waals surface area contributed by atoms with Crippen LogP contribution in [-0.4, -0.2) is 38.8 Å². The van der Waals surface area contributed by atoms with Gasteiger partial charge >= 0.3 is 6.36 Å². The first-order valence-corrected chi connectivity index (χ1v) is 9.17. The number of nitrogens with zero attached hydrogens (tertiary/aromatic N) is 2. The van der Waals surface area contributed by atoms with Crippen molar-refractivity contribution in [3.8, 4) is 5.75 Å². The van der Waals surface area contributed by atoms with Crippen LogP contribution in [0.25, 0.3) is 10.8 Å². The summed E-state index contributed by atoms with van der Waals surface area (Å²) in [5.41, 5.74) is -0.998. The second-order valence-electron chi connectivity index (χ2n) is 7.93. The summed E-state index contributed by atoms with van der Waals surface area (Å²) in [4.78, 5) is 25.0. The Bertz CT molecular complexity index is 991. The van der Waals surface area contributed by atoms with E-state index in [1.807, 2.05) is 0 Å². The Morgan fingerprint density at radius 3 is 2.59 bits per heavy atom. The Kier molecular flexibility index (Phi) is 5.33. The van der Waals surface area contributed by atoms with Crippen molar-refractivity contribution in [2.24, 2.45) is 0 Å². The Morgan fingerprint density at radius 1 is 1.38 bits per heavy atom. The van der Waals surface area contributed by atoms with E-state index in [0.29, 0.717) is 18.5 Å². The van der Waals surface area contributed by atoms with E-state index in [-0.39, 0.29) is 29.3 Å². The van der Waals surface area contributed by atoms with Gasteiger partial charge in [0.2, 0.25) is 5.91 Å². The van der Waals surface area contributed by atoms with Crippen LogP contribution >= 0.6 is 0 Å². The molecule has 0 atom stereocenters. The number of ether oxygens (including phenoxy) is 1. The second-order valence-corrected chi connectivity index (χ2v) is 7.93. The number of carbonyl (C=O) groups excluding carboxylic acids is 1. The van der Waals surface area contributed by atoms with E-state index >= 15 is 0 Å². The number of amides is 1. The highest BCUT2D eigenvalue weighted by molar-refractivity contribution is 5.86. The maximum Gasteiger partial charge on any atom is 0.573 e. The molecular weight excluding hydrogens is 391 g/mol. The summed E-state index contributed by atoms with van der Waals surface area (Å²) in [6.07, 6.45) is -3.99. The van der Waals surface area contributed by atoms with Crippen LogP contribution in [0.4, 0.5) is 13.2 Å². The Hall–Kier alpha value is -2.62. The average molecular weight is 413 g/mol. The van der Waals surface area contributed by atoms with Gasteiger partial charge in [0.05, 0.1) is 16.7 Å². The van der Waals surface area contributed by atoms with Crippen molar-refractivity contribution in [3.05, 3.63) is 34.2 Å². The minimum atomic E-state index is -4.85. The molecule has 1 heterocycles. The lowest BCUT2D eigenvalue weighted by Gasteiger charge is -2.41. The second kappa shape index (κ2) is 7.33. The molecule has 1 aliphatic rings. The van der Waals surface area contributed by atoms with Gasteiger partial charge in [-0.05, 0) is 43.9 Å². The predicted octanol–water partition coefficient (Wildman–Crippen LogP) is 2.45. The predicted molar refractivity (Wildman–Crippen MR) is 98.6 cm³/mol. The van der Waals surface area contributed by atoms with Crippen LogP contribution in [0.15, 0.2) is 23.0 Å². The largest absolute Gasteiger partial charge is 0.573 e. The molecule has 0 radical (unpaired) electrons. The van der Waals surface area contributed by atoms with Crippen LogP contribution in [-0.2, 0) is 11.3 Å². The van der Waals surface area contributed by atoms with E-state index in [4.69, 9.17) is 0 Å². The molecule has 3 rings (SSSR count). The number of hydrogen-bond donors (Lipinski definition) is 2. The van der Waals surface area contributed by atoms with Gasteiger partial charge in [0.1, 0.15) is 12.3 Å². The first kappa shape index (κ1) is 21.1. The molecule has 7 nitrogen and oxygen atoms in total. The van der Waals surface area contributed by atoms with Crippen LogP contribution in [0.2, 0.25) is 0 Å². The summed E-state index contributed by atoms with van der Waals surface area (Å²) in [5.74, 6) is -1.08. The molecule has 2 aromatic rings. The molecule has 10 heteroatoms. The van der Waals surface area contributed by atoms with Crippen molar-refractivity contribution in [2.75, 3.05) is 0 Å². The number of aliphatic hydroxyl groups is 1. The zero-order chi connectivity index (χ0) is 21.6. The summed E-state index contributed by atoms with van der Waals surface area (Å²) < 4.78 is 42.5. The Morgan fingerprint density at radius 2 is 2.03 bits per heavy atom. The van der Waals surface area contributed by atoms with Crippen LogP contribution in [0.5, 0.6) is 5.75 Å². The van der Waals surface area contributed by atoms with Gasteiger partial charge in [-0.25, -0.2) is 4.68 Å². The van der Waals surface area contributed by atoms with Crippen LogP contribution in [0.3, 0.4) is 0 Å². The third kappa shape index (κ3) is 4.87. The topological polar surface area (TPSA) is 93.5 Å². The van der Waals surface area contributed by atoms with Crippen molar-refractivity contribution in [1.82, 2.24) is 15.1 Å². The number of carbonyl (C=O) groups is 1. The Labute approximate surface area is 164 Å². The molecule has 0 saturated heterocycles. The number of rotatable bonds is 5. The first-order valence-electron chi connectivity index (χ1n) is 9.17. The Balaban J connectivity index is 1.91. The number of halogens is 3. The molecule has 0 bridgehead atoms. The van der Waals surface area contributed by atoms with Crippen LogP contribution < -0.4 is 15.6 Å². The van der Waals surface area contributed by atoms with Gasteiger partial charge in [-0.1, -0.05) is 13.8 Å². The summed E-state index contributed by atoms with van der Waals surface area (Å²) >= 11 is 0. The van der Waals surface area contributed by atoms with E-state index < -0.39 is 29.2 Å². The summed E-state index contributed by atoms with van der Waals surface area (Å²) in [5, 5.41) is 17.1. The standard InChI is InChI=1S/C19H22F3N3O4/c1-10(2)16-14-6-12(29-19(20,21)22)4-5-13(14)17(27)25(24-16)9-15(26)23-11-7-18(3,28)8-11/h4-6,10-11,28H,7-9H2,1-3H3,(H,23,26). The SMILES string of the molecule is CC(C)c1nn(CC(=O)NC2CC(C)(O)C2)c(=O)c2ccc(OC(F)(F)F)cc12. The molecule has 0 unspecified atom stereocenters. The van der Waals surface area contributed by atoms with Crippen molar-refractivity contribution < 1.29 is 27.8 Å². The molecule has 158 valence electrons. The molecule has 1 aliphatic carbocycles. The van der Waals surface area contributed by atoms with Gasteiger partial charge in [-0.2, -0.15) is 5.10 Å². The smallest absolute Gasteiger partial charge is 0.406 e. The molecule has 0 spiro atoms. The summed E-state index contributed by atoms with van der Waals surface area (Å²) in [6.45, 7) is 4.92. The van der Waals surface area contributed by atoms with E-state index in [2.05, 4.69) is 15.2 Å². The lowest BCUT2D eigenvalue weighted by Crippen LogP contribution is -2.54. The average Bonchev–Trinajstić information content (AvgIpc) is 2.53. The number of nitrogens with one attached hydrogen (secondary N) is 1. The lowest BCUT2D eigenvalue weighted by molar-refractivity contribution is -0.274. The number of alkyl halides is 3. The molecule has 29 heavy (non-hydrogen) atoms. The molecule has 1 aromatic heterocycles. The van der Waals surface area contributed by atoms with Crippen LogP contribution in [0.1, 0.15) is 45.2 Å². The molecule has 1 fully saturated rings. The molecule has 1 amide bonds. The lowest BCUT2D eigenvalue weighted by atomic mass is 9.77. The maximum atomic E-state index is 12.7. The maximum absolute atomic E-state index is 12.7. The van der Waals surface area contributed by atoms with Gasteiger partial charge in [0, 0.05) is 11.4 Å². The highest BCUT2D eigenvalue weighted by Crippen LogP contribution is 2.31. The van der Waals surface area contributed by atoms with E-state index in [1.165, 1.54) is 6.07 Å². The number of benzene rings is 1. The number of fused-ring (bicyclic) bond motifs is 1. The third-order valence-corrected chi connectivity index (χ3v) is 4.77. The minimum Gasteiger partial charge on any atom is -0.406 e. The fraction of sp³-hybridized carbons (Fsp3) is 0.526. The summed E-state index contributed by atoms with van der Waals surface area (Å²) in [7, 11) is 0. The normalized spacial score (nSPS) is 21.9. The number of aromatic nitrogens is 2. The zero-order valence-corrected chi connectivity index (χ0v) is 16.2. The van der Waals surface area contributed by atoms with Crippen molar-refractivity contribution in [1.29, 1.82) is 0 Å². The summed E-state index contributed by atoms with van der Waals surface area (Å²) in [6, 6.07) is 3.26. The molecule has 1 aromatic carbocycles. The first-order chi connectivity index (χ1) is 13.3. The van der Waals surface area contributed by atoms with E-state index in [0.717, 1.165) is 16.8 Å². The molecule has 2 N–H and O–H groups in total. The monoisotopic (exact) mass is 413 g/mol. The van der Waals surface area contributed by atoms with Crippen molar-refractivity contribution in [2.45, 2.75) is 64.1 Å². The molecule has 1 saturated carbocycles. The zero-order valence-electron chi connectivity index (χ0n) is 16.2. The van der Waals surface area contributed by atoms with Gasteiger partial charge in [-0.15, -0.1) is 13.2 Å². The van der Waals surface area contributed by atoms with Gasteiger partial charge < -0.3 is 15.2 Å². The van der Waals surface area contributed by atoms with Crippen LogP contribution in [0, 0.1) is 0 Å². The quantitative estimate of drug-likeness (QED) is 0.786. The molecular formula is C19H22F3N3O4. The van der Waals surface area contributed by atoms with Gasteiger partial charge in [-0.3, -0.25) is 9.59 Å². The van der Waals surface area contributed by atoms with Crippen molar-refractivity contribution >= 4 is 16.7 Å². The van der Waals surface area contributed by atoms with Gasteiger partial charge in [0.15, 0.2) is 0 Å².